The molecule has 2 aliphatic rings. The molecule has 4 rings (SSSR count). The van der Waals surface area contributed by atoms with Gasteiger partial charge in [0.05, 0.1) is 10.5 Å². The number of nitrogens with zero attached hydrogens (tertiary/aromatic N) is 3. The Morgan fingerprint density at radius 1 is 1.24 bits per heavy atom. The first-order valence-electron chi connectivity index (χ1n) is 9.59. The zero-order chi connectivity index (χ0) is 20.6. The van der Waals surface area contributed by atoms with Crippen LogP contribution in [0.2, 0.25) is 0 Å². The Balaban J connectivity index is 1.49. The van der Waals surface area contributed by atoms with Gasteiger partial charge < -0.3 is 9.42 Å². The first kappa shape index (κ1) is 19.9. The van der Waals surface area contributed by atoms with E-state index < -0.39 is 26.4 Å². The second-order valence-corrected chi connectivity index (χ2v) is 9.47. The molecule has 0 bridgehead atoms. The van der Waals surface area contributed by atoms with Crippen LogP contribution in [-0.4, -0.2) is 48.2 Å². The molecule has 1 aromatic heterocycles. The van der Waals surface area contributed by atoms with Crippen molar-refractivity contribution in [2.24, 2.45) is 5.92 Å². The van der Waals surface area contributed by atoms with Crippen molar-refractivity contribution in [2.45, 2.75) is 48.7 Å². The summed E-state index contributed by atoms with van der Waals surface area (Å²) in [6.07, 6.45) is 4.27. The van der Waals surface area contributed by atoms with E-state index in [-0.39, 0.29) is 11.5 Å². The highest BCUT2D eigenvalue weighted by molar-refractivity contribution is 7.91. The standard InChI is InChI=1S/C19H21F2N3O4S/c20-19(21)29(26,27)15-6-2-1-5-14(15)18(25)24-9-3-4-12(11-24)10-16-22-17(23-28-16)13-7-8-13/h1-2,5-6,12-13,19H,3-4,7-11H2/t12-/m0/s1. The SMILES string of the molecule is O=C(c1ccccc1S(=O)(=O)C(F)F)N1CCC[C@@H](Cc2nc(C3CC3)no2)C1. The Hall–Kier alpha value is -2.36. The highest BCUT2D eigenvalue weighted by Gasteiger charge is 2.34. The number of halogens is 2. The van der Waals surface area contributed by atoms with Crippen molar-refractivity contribution >= 4 is 15.7 Å². The van der Waals surface area contributed by atoms with Gasteiger partial charge in [0.1, 0.15) is 0 Å². The average molecular weight is 425 g/mol. The van der Waals surface area contributed by atoms with Gasteiger partial charge in [-0.2, -0.15) is 13.8 Å². The Morgan fingerprint density at radius 3 is 2.72 bits per heavy atom. The monoisotopic (exact) mass is 425 g/mol. The maximum absolute atomic E-state index is 13.0. The number of hydrogen-bond acceptors (Lipinski definition) is 6. The summed E-state index contributed by atoms with van der Waals surface area (Å²) in [4.78, 5) is 18.3. The molecule has 2 fully saturated rings. The third-order valence-electron chi connectivity index (χ3n) is 5.35. The Kier molecular flexibility index (Phi) is 5.37. The first-order valence-corrected chi connectivity index (χ1v) is 11.1. The van der Waals surface area contributed by atoms with Gasteiger partial charge in [-0.1, -0.05) is 17.3 Å². The van der Waals surface area contributed by atoms with Crippen molar-refractivity contribution in [1.29, 1.82) is 0 Å². The van der Waals surface area contributed by atoms with E-state index in [1.54, 1.807) is 0 Å². The zero-order valence-electron chi connectivity index (χ0n) is 15.6. The molecule has 156 valence electrons. The van der Waals surface area contributed by atoms with E-state index in [2.05, 4.69) is 10.1 Å². The Morgan fingerprint density at radius 2 is 2.00 bits per heavy atom. The zero-order valence-corrected chi connectivity index (χ0v) is 16.4. The Bertz CT molecular complexity index is 1000. The molecule has 0 unspecified atom stereocenters. The van der Waals surface area contributed by atoms with E-state index >= 15 is 0 Å². The lowest BCUT2D eigenvalue weighted by atomic mass is 9.94. The van der Waals surface area contributed by atoms with E-state index in [1.807, 2.05) is 0 Å². The van der Waals surface area contributed by atoms with Crippen molar-refractivity contribution in [3.05, 3.63) is 41.5 Å². The van der Waals surface area contributed by atoms with Crippen LogP contribution in [0, 0.1) is 5.92 Å². The highest BCUT2D eigenvalue weighted by atomic mass is 32.2. The number of carbonyl (C=O) groups is 1. The van der Waals surface area contributed by atoms with Gasteiger partial charge in [-0.25, -0.2) is 8.42 Å². The molecule has 2 aromatic rings. The molecule has 1 aromatic carbocycles. The lowest BCUT2D eigenvalue weighted by Crippen LogP contribution is -2.41. The topological polar surface area (TPSA) is 93.4 Å². The summed E-state index contributed by atoms with van der Waals surface area (Å²) in [7, 11) is -4.87. The molecule has 1 saturated heterocycles. The number of rotatable bonds is 6. The molecular weight excluding hydrogens is 404 g/mol. The molecule has 10 heteroatoms. The minimum Gasteiger partial charge on any atom is -0.339 e. The number of hydrogen-bond donors (Lipinski definition) is 0. The van der Waals surface area contributed by atoms with Crippen LogP contribution < -0.4 is 0 Å². The molecular formula is C19H21F2N3O4S. The highest BCUT2D eigenvalue weighted by Crippen LogP contribution is 2.38. The van der Waals surface area contributed by atoms with Crippen LogP contribution in [0.5, 0.6) is 0 Å². The summed E-state index contributed by atoms with van der Waals surface area (Å²) in [5.41, 5.74) is -0.220. The molecule has 0 radical (unpaired) electrons. The molecule has 0 N–H and O–H groups in total. The summed E-state index contributed by atoms with van der Waals surface area (Å²) in [5, 5.41) is 4.00. The predicted octanol–water partition coefficient (Wildman–Crippen LogP) is 3.04. The second-order valence-electron chi connectivity index (χ2n) is 7.59. The number of piperidine rings is 1. The van der Waals surface area contributed by atoms with E-state index in [1.165, 1.54) is 23.1 Å². The maximum atomic E-state index is 13.0. The molecule has 7 nitrogen and oxygen atoms in total. The lowest BCUT2D eigenvalue weighted by molar-refractivity contribution is 0.0664. The maximum Gasteiger partial charge on any atom is 0.341 e. The summed E-state index contributed by atoms with van der Waals surface area (Å²) in [6.45, 7) is 0.818. The van der Waals surface area contributed by atoms with Crippen molar-refractivity contribution in [2.75, 3.05) is 13.1 Å². The van der Waals surface area contributed by atoms with E-state index in [9.17, 15) is 22.0 Å². The molecule has 1 aliphatic heterocycles. The average Bonchev–Trinajstić information content (AvgIpc) is 3.47. The van der Waals surface area contributed by atoms with Crippen molar-refractivity contribution in [3.63, 3.8) is 0 Å². The number of benzene rings is 1. The molecule has 29 heavy (non-hydrogen) atoms. The predicted molar refractivity (Wildman–Crippen MR) is 98.2 cm³/mol. The van der Waals surface area contributed by atoms with Gasteiger partial charge in [0.25, 0.3) is 5.91 Å². The number of alkyl halides is 2. The van der Waals surface area contributed by atoms with Crippen LogP contribution >= 0.6 is 0 Å². The van der Waals surface area contributed by atoms with Gasteiger partial charge in [0.2, 0.25) is 15.7 Å². The number of amides is 1. The summed E-state index contributed by atoms with van der Waals surface area (Å²) >= 11 is 0. The molecule has 1 amide bonds. The molecule has 2 heterocycles. The third kappa shape index (κ3) is 4.17. The number of sulfone groups is 1. The fraction of sp³-hybridized carbons (Fsp3) is 0.526. The van der Waals surface area contributed by atoms with Crippen LogP contribution in [0.4, 0.5) is 8.78 Å². The van der Waals surface area contributed by atoms with Gasteiger partial charge in [0.15, 0.2) is 5.82 Å². The van der Waals surface area contributed by atoms with Gasteiger partial charge in [0, 0.05) is 25.4 Å². The van der Waals surface area contributed by atoms with E-state index in [4.69, 9.17) is 4.52 Å². The minimum atomic E-state index is -4.87. The van der Waals surface area contributed by atoms with Gasteiger partial charge in [-0.05, 0) is 43.7 Å². The van der Waals surface area contributed by atoms with E-state index in [0.29, 0.717) is 31.3 Å². The van der Waals surface area contributed by atoms with Crippen LogP contribution in [0.3, 0.4) is 0 Å². The quantitative estimate of drug-likeness (QED) is 0.706. The largest absolute Gasteiger partial charge is 0.341 e. The number of carbonyl (C=O) groups excluding carboxylic acids is 1. The summed E-state index contributed by atoms with van der Waals surface area (Å²) < 4.78 is 55.3. The normalized spacial score (nSPS) is 20.2. The van der Waals surface area contributed by atoms with Crippen LogP contribution in [0.1, 0.15) is 53.7 Å². The molecule has 1 saturated carbocycles. The fourth-order valence-corrected chi connectivity index (χ4v) is 4.60. The van der Waals surface area contributed by atoms with Gasteiger partial charge in [-0.15, -0.1) is 0 Å². The molecule has 1 aliphatic carbocycles. The van der Waals surface area contributed by atoms with Gasteiger partial charge in [-0.3, -0.25) is 4.79 Å². The van der Waals surface area contributed by atoms with Crippen molar-refractivity contribution in [1.82, 2.24) is 15.0 Å². The van der Waals surface area contributed by atoms with E-state index in [0.717, 1.165) is 37.6 Å². The smallest absolute Gasteiger partial charge is 0.339 e. The fourth-order valence-electron chi connectivity index (χ4n) is 3.68. The number of likely N-dealkylation sites (tertiary alicyclic amines) is 1. The minimum absolute atomic E-state index is 0.0825. The lowest BCUT2D eigenvalue weighted by Gasteiger charge is -2.32. The third-order valence-corrected chi connectivity index (χ3v) is 6.79. The van der Waals surface area contributed by atoms with Crippen molar-refractivity contribution in [3.8, 4) is 0 Å². The number of aromatic nitrogens is 2. The van der Waals surface area contributed by atoms with Gasteiger partial charge >= 0.3 is 5.76 Å². The first-order chi connectivity index (χ1) is 13.9. The van der Waals surface area contributed by atoms with Crippen LogP contribution in [0.25, 0.3) is 0 Å². The summed E-state index contributed by atoms with van der Waals surface area (Å²) in [5.74, 6) is -2.39. The second kappa shape index (κ2) is 7.81. The Labute approximate surface area is 167 Å². The molecule has 1 atom stereocenters. The van der Waals surface area contributed by atoms with Crippen LogP contribution in [0.15, 0.2) is 33.7 Å². The van der Waals surface area contributed by atoms with Crippen LogP contribution in [-0.2, 0) is 16.3 Å². The van der Waals surface area contributed by atoms with Crippen molar-refractivity contribution < 1.29 is 26.5 Å². The summed E-state index contributed by atoms with van der Waals surface area (Å²) in [6, 6.07) is 5.13. The molecule has 0 spiro atoms.